The molecule has 0 spiro atoms. The Hall–Kier alpha value is -4.11. The first-order valence-electron chi connectivity index (χ1n) is 11.0. The molecule has 0 atom stereocenters. The molecule has 1 aliphatic rings. The molecule has 3 aromatic rings. The summed E-state index contributed by atoms with van der Waals surface area (Å²) in [5, 5.41) is 2.71. The molecule has 2 aromatic carbocycles. The van der Waals surface area contributed by atoms with E-state index in [1.807, 2.05) is 24.3 Å². The second-order valence-electron chi connectivity index (χ2n) is 7.84. The lowest BCUT2D eigenvalue weighted by Crippen LogP contribution is -2.28. The topological polar surface area (TPSA) is 98.1 Å². The maximum atomic E-state index is 13.2. The van der Waals surface area contributed by atoms with Crippen molar-refractivity contribution in [2.75, 3.05) is 18.6 Å². The number of carbonyl (C=O) groups excluding carboxylic acids is 3. The van der Waals surface area contributed by atoms with Crippen LogP contribution in [0.2, 0.25) is 0 Å². The molecule has 1 aromatic heterocycles. The van der Waals surface area contributed by atoms with Crippen LogP contribution in [0, 0.1) is 0 Å². The zero-order valence-electron chi connectivity index (χ0n) is 19.6. The molecule has 1 amide bonds. The van der Waals surface area contributed by atoms with E-state index in [0.717, 1.165) is 10.2 Å². The molecule has 0 unspecified atom stereocenters. The van der Waals surface area contributed by atoms with Crippen molar-refractivity contribution in [1.82, 2.24) is 5.32 Å². The van der Waals surface area contributed by atoms with Gasteiger partial charge in [-0.25, -0.2) is 4.79 Å². The van der Waals surface area contributed by atoms with Gasteiger partial charge in [0.15, 0.2) is 6.61 Å². The minimum Gasteiger partial charge on any atom is -0.484 e. The Kier molecular flexibility index (Phi) is 7.70. The molecule has 4 rings (SSSR count). The minimum atomic E-state index is -0.683. The highest BCUT2D eigenvalue weighted by molar-refractivity contribution is 9.10. The monoisotopic (exact) mass is 550 g/mol. The first-order chi connectivity index (χ1) is 17.4. The van der Waals surface area contributed by atoms with E-state index in [1.165, 1.54) is 7.11 Å². The summed E-state index contributed by atoms with van der Waals surface area (Å²) in [4.78, 5) is 39.3. The van der Waals surface area contributed by atoms with Gasteiger partial charge in [0.25, 0.3) is 5.91 Å². The number of furan rings is 1. The number of anilines is 1. The zero-order valence-corrected chi connectivity index (χ0v) is 21.2. The number of esters is 1. The number of methoxy groups -OCH3 is 1. The summed E-state index contributed by atoms with van der Waals surface area (Å²) in [7, 11) is 1.25. The number of nitrogens with one attached hydrogen (secondary N) is 1. The van der Waals surface area contributed by atoms with Crippen LogP contribution in [0.4, 0.5) is 5.69 Å². The molecular formula is C27H23BrN2O6. The van der Waals surface area contributed by atoms with Crippen LogP contribution in [0.25, 0.3) is 6.08 Å². The average molecular weight is 551 g/mol. The van der Waals surface area contributed by atoms with E-state index in [4.69, 9.17) is 13.9 Å². The van der Waals surface area contributed by atoms with Gasteiger partial charge in [0.05, 0.1) is 25.6 Å². The van der Waals surface area contributed by atoms with Gasteiger partial charge in [0.2, 0.25) is 5.78 Å². The fraction of sp³-hybridized carbons (Fsp3) is 0.148. The molecule has 8 nitrogen and oxygen atoms in total. The minimum absolute atomic E-state index is 0.00724. The second kappa shape index (κ2) is 11.1. The summed E-state index contributed by atoms with van der Waals surface area (Å²) in [6.07, 6.45) is 3.24. The van der Waals surface area contributed by atoms with Crippen molar-refractivity contribution in [2.45, 2.75) is 13.5 Å². The van der Waals surface area contributed by atoms with Crippen molar-refractivity contribution in [2.24, 2.45) is 0 Å². The van der Waals surface area contributed by atoms with E-state index in [0.29, 0.717) is 28.5 Å². The summed E-state index contributed by atoms with van der Waals surface area (Å²) in [6, 6.07) is 17.9. The number of ketones is 1. The van der Waals surface area contributed by atoms with Gasteiger partial charge in [-0.15, -0.1) is 0 Å². The van der Waals surface area contributed by atoms with E-state index in [1.54, 1.807) is 60.6 Å². The van der Waals surface area contributed by atoms with Crippen molar-refractivity contribution >= 4 is 45.4 Å². The number of allylic oxidation sites excluding steroid dienone is 2. The number of nitrogens with zero attached hydrogens (tertiary/aromatic N) is 1. The molecule has 1 N–H and O–H groups in total. The van der Waals surface area contributed by atoms with Crippen LogP contribution in [-0.2, 0) is 25.7 Å². The van der Waals surface area contributed by atoms with Crippen molar-refractivity contribution in [3.05, 3.63) is 99.7 Å². The Balaban J connectivity index is 1.49. The van der Waals surface area contributed by atoms with Gasteiger partial charge < -0.3 is 24.1 Å². The Morgan fingerprint density at radius 1 is 1.08 bits per heavy atom. The van der Waals surface area contributed by atoms with Crippen molar-refractivity contribution in [1.29, 1.82) is 0 Å². The van der Waals surface area contributed by atoms with Crippen molar-refractivity contribution in [3.8, 4) is 5.75 Å². The lowest BCUT2D eigenvalue weighted by molar-refractivity contribution is -0.137. The number of hydrogen-bond donors (Lipinski definition) is 1. The number of amides is 1. The molecule has 36 heavy (non-hydrogen) atoms. The summed E-state index contributed by atoms with van der Waals surface area (Å²) in [6.45, 7) is 1.84. The molecule has 0 fully saturated rings. The number of ether oxygens (including phenoxy) is 2. The molecule has 2 heterocycles. The largest absolute Gasteiger partial charge is 0.484 e. The Morgan fingerprint density at radius 3 is 2.44 bits per heavy atom. The molecular weight excluding hydrogens is 528 g/mol. The zero-order chi connectivity index (χ0) is 25.7. The highest BCUT2D eigenvalue weighted by Crippen LogP contribution is 2.36. The van der Waals surface area contributed by atoms with Gasteiger partial charge in [-0.1, -0.05) is 28.1 Å². The van der Waals surface area contributed by atoms with Gasteiger partial charge in [0, 0.05) is 15.9 Å². The van der Waals surface area contributed by atoms with Crippen LogP contribution < -0.4 is 15.0 Å². The summed E-state index contributed by atoms with van der Waals surface area (Å²) in [5.41, 5.74) is 2.25. The fourth-order valence-electron chi connectivity index (χ4n) is 3.70. The standard InChI is InChI=1S/C27H23BrN2O6/c1-17-25(27(33)34-2)26(32)23(30(17)20-9-7-19(28)8-10-20)14-18-5-11-21(12-6-18)36-16-24(31)29-15-22-4-3-13-35-22/h3-14H,15-16H2,1-2H3,(H,29,31)/b23-14-. The number of rotatable bonds is 8. The molecule has 184 valence electrons. The molecule has 0 radical (unpaired) electrons. The number of Topliss-reactive ketones (excluding diaryl/α,β-unsaturated/α-hetero) is 1. The molecule has 0 saturated heterocycles. The highest BCUT2D eigenvalue weighted by Gasteiger charge is 2.38. The quantitative estimate of drug-likeness (QED) is 0.248. The second-order valence-corrected chi connectivity index (χ2v) is 8.75. The van der Waals surface area contributed by atoms with Crippen molar-refractivity contribution in [3.63, 3.8) is 0 Å². The third-order valence-corrected chi connectivity index (χ3v) is 5.99. The van der Waals surface area contributed by atoms with Gasteiger partial charge >= 0.3 is 5.97 Å². The highest BCUT2D eigenvalue weighted by atomic mass is 79.9. The lowest BCUT2D eigenvalue weighted by atomic mass is 10.1. The fourth-order valence-corrected chi connectivity index (χ4v) is 3.96. The van der Waals surface area contributed by atoms with E-state index in [9.17, 15) is 14.4 Å². The normalized spacial score (nSPS) is 14.4. The third-order valence-electron chi connectivity index (χ3n) is 5.47. The SMILES string of the molecule is COC(=O)C1=C(C)N(c2ccc(Br)cc2)/C(=C\c2ccc(OCC(=O)NCc3ccco3)cc2)C1=O. The maximum absolute atomic E-state index is 13.2. The Morgan fingerprint density at radius 2 is 1.81 bits per heavy atom. The number of halogens is 1. The molecule has 0 aliphatic carbocycles. The number of carbonyl (C=O) groups is 3. The van der Waals surface area contributed by atoms with E-state index in [2.05, 4.69) is 21.2 Å². The summed E-state index contributed by atoms with van der Waals surface area (Å²) < 4.78 is 16.5. The Labute approximate surface area is 216 Å². The molecule has 0 saturated carbocycles. The number of hydrogen-bond acceptors (Lipinski definition) is 7. The third kappa shape index (κ3) is 5.58. The summed E-state index contributed by atoms with van der Waals surface area (Å²) >= 11 is 3.41. The maximum Gasteiger partial charge on any atom is 0.343 e. The lowest BCUT2D eigenvalue weighted by Gasteiger charge is -2.21. The van der Waals surface area contributed by atoms with E-state index in [-0.39, 0.29) is 24.6 Å². The van der Waals surface area contributed by atoms with Crippen LogP contribution in [0.15, 0.2) is 92.8 Å². The van der Waals surface area contributed by atoms with Gasteiger partial charge in [-0.3, -0.25) is 9.59 Å². The van der Waals surface area contributed by atoms with Crippen LogP contribution in [0.5, 0.6) is 5.75 Å². The average Bonchev–Trinajstić information content (AvgIpc) is 3.49. The van der Waals surface area contributed by atoms with Gasteiger partial charge in [0.1, 0.15) is 17.1 Å². The van der Waals surface area contributed by atoms with Gasteiger partial charge in [-0.2, -0.15) is 0 Å². The van der Waals surface area contributed by atoms with Crippen LogP contribution in [0.3, 0.4) is 0 Å². The molecule has 1 aliphatic heterocycles. The summed E-state index contributed by atoms with van der Waals surface area (Å²) in [5.74, 6) is -0.235. The van der Waals surface area contributed by atoms with Crippen LogP contribution in [-0.4, -0.2) is 31.4 Å². The first-order valence-corrected chi connectivity index (χ1v) is 11.8. The smallest absolute Gasteiger partial charge is 0.343 e. The predicted octanol–water partition coefficient (Wildman–Crippen LogP) is 4.61. The predicted molar refractivity (Wildman–Crippen MR) is 137 cm³/mol. The first kappa shape index (κ1) is 25.0. The van der Waals surface area contributed by atoms with Crippen LogP contribution in [0.1, 0.15) is 18.2 Å². The Bertz CT molecular complexity index is 1330. The number of benzene rings is 2. The van der Waals surface area contributed by atoms with Gasteiger partial charge in [-0.05, 0) is 67.1 Å². The van der Waals surface area contributed by atoms with E-state index < -0.39 is 11.8 Å². The molecule has 0 bridgehead atoms. The molecule has 9 heteroatoms. The van der Waals surface area contributed by atoms with E-state index >= 15 is 0 Å². The van der Waals surface area contributed by atoms with Crippen LogP contribution >= 0.6 is 15.9 Å². The van der Waals surface area contributed by atoms with Crippen molar-refractivity contribution < 1.29 is 28.3 Å².